The summed E-state index contributed by atoms with van der Waals surface area (Å²) in [6, 6.07) is 0. The van der Waals surface area contributed by atoms with E-state index < -0.39 is 18.9 Å². The second-order valence-corrected chi connectivity index (χ2v) is 5.13. The topological polar surface area (TPSA) is 82.1 Å². The van der Waals surface area contributed by atoms with Gasteiger partial charge in [0.05, 0.1) is 6.10 Å². The molecule has 1 heterocycles. The fraction of sp³-hybridized carbons (Fsp3) is 0.846. The summed E-state index contributed by atoms with van der Waals surface area (Å²) in [5.41, 5.74) is 0. The lowest BCUT2D eigenvalue weighted by Crippen LogP contribution is -2.48. The van der Waals surface area contributed by atoms with Crippen molar-refractivity contribution in [3.05, 3.63) is 0 Å². The molecule has 19 heavy (non-hydrogen) atoms. The minimum Gasteiger partial charge on any atom is -0.480 e. The fourth-order valence-electron chi connectivity index (χ4n) is 2.22. The predicted octanol–water partition coefficient (Wildman–Crippen LogP) is 1.28. The van der Waals surface area contributed by atoms with E-state index in [-0.39, 0.29) is 36.4 Å². The molecule has 0 aromatic rings. The van der Waals surface area contributed by atoms with Gasteiger partial charge in [-0.05, 0) is 11.8 Å². The van der Waals surface area contributed by atoms with Crippen LogP contribution in [0.2, 0.25) is 0 Å². The molecule has 6 heteroatoms. The highest BCUT2D eigenvalue weighted by Gasteiger charge is 2.40. The molecule has 0 aliphatic carbocycles. The highest BCUT2D eigenvalue weighted by atomic mass is 16.7. The zero-order chi connectivity index (χ0) is 14.6. The maximum absolute atomic E-state index is 10.8. The Morgan fingerprint density at radius 1 is 1.16 bits per heavy atom. The molecule has 1 N–H and O–H groups in total. The second-order valence-electron chi connectivity index (χ2n) is 5.13. The van der Waals surface area contributed by atoms with Crippen molar-refractivity contribution < 1.29 is 28.9 Å². The third-order valence-corrected chi connectivity index (χ3v) is 3.81. The highest BCUT2D eigenvalue weighted by Crippen LogP contribution is 2.35. The summed E-state index contributed by atoms with van der Waals surface area (Å²) < 4.78 is 15.9. The van der Waals surface area contributed by atoms with E-state index in [1.807, 2.05) is 13.8 Å². The molecule has 0 aromatic carbocycles. The third kappa shape index (κ3) is 4.47. The first-order chi connectivity index (χ1) is 8.82. The Labute approximate surface area is 113 Å². The molecular formula is C13H22O6. The molecule has 0 amide bonds. The van der Waals surface area contributed by atoms with E-state index in [2.05, 4.69) is 6.92 Å². The molecule has 5 unspecified atom stereocenters. The van der Waals surface area contributed by atoms with Crippen LogP contribution >= 0.6 is 0 Å². The van der Waals surface area contributed by atoms with Crippen molar-refractivity contribution in [2.45, 2.75) is 40.1 Å². The van der Waals surface area contributed by atoms with Crippen LogP contribution in [0.15, 0.2) is 0 Å². The predicted molar refractivity (Wildman–Crippen MR) is 66.4 cm³/mol. The van der Waals surface area contributed by atoms with Gasteiger partial charge in [-0.25, -0.2) is 4.79 Å². The molecule has 1 rings (SSSR count). The van der Waals surface area contributed by atoms with Crippen molar-refractivity contribution in [3.8, 4) is 0 Å². The number of carbonyl (C=O) groups is 2. The smallest absolute Gasteiger partial charge is 0.329 e. The van der Waals surface area contributed by atoms with Crippen molar-refractivity contribution in [2.75, 3.05) is 13.2 Å². The Hall–Kier alpha value is -1.14. The average Bonchev–Trinajstić information content (AvgIpc) is 2.33. The zero-order valence-corrected chi connectivity index (χ0v) is 11.8. The van der Waals surface area contributed by atoms with Gasteiger partial charge in [0.25, 0.3) is 0 Å². The number of hydrogen-bond acceptors (Lipinski definition) is 5. The lowest BCUT2D eigenvalue weighted by molar-refractivity contribution is -0.255. The first-order valence-corrected chi connectivity index (χ1v) is 6.45. The van der Waals surface area contributed by atoms with Gasteiger partial charge in [-0.3, -0.25) is 4.79 Å². The molecule has 1 aliphatic rings. The van der Waals surface area contributed by atoms with Crippen molar-refractivity contribution in [1.82, 2.24) is 0 Å². The molecular weight excluding hydrogens is 252 g/mol. The SMILES string of the molecule is CC(=O)OCC1OC(OCC(=O)O)C(C)C(C)C1C. The number of aliphatic carboxylic acids is 1. The summed E-state index contributed by atoms with van der Waals surface area (Å²) in [5.74, 6) is -0.807. The van der Waals surface area contributed by atoms with Crippen LogP contribution in [0, 0.1) is 17.8 Å². The highest BCUT2D eigenvalue weighted by molar-refractivity contribution is 5.68. The first-order valence-electron chi connectivity index (χ1n) is 6.45. The quantitative estimate of drug-likeness (QED) is 0.761. The number of carbonyl (C=O) groups excluding carboxylic acids is 1. The fourth-order valence-corrected chi connectivity index (χ4v) is 2.22. The van der Waals surface area contributed by atoms with Gasteiger partial charge >= 0.3 is 11.9 Å². The monoisotopic (exact) mass is 274 g/mol. The molecule has 0 radical (unpaired) electrons. The second kappa shape index (κ2) is 6.86. The Balaban J connectivity index is 2.62. The molecule has 0 spiro atoms. The summed E-state index contributed by atoms with van der Waals surface area (Å²) in [4.78, 5) is 21.4. The Morgan fingerprint density at radius 3 is 2.32 bits per heavy atom. The van der Waals surface area contributed by atoms with Crippen LogP contribution in [0.25, 0.3) is 0 Å². The van der Waals surface area contributed by atoms with E-state index in [0.29, 0.717) is 0 Å². The molecule has 0 saturated carbocycles. The molecule has 1 aliphatic heterocycles. The van der Waals surface area contributed by atoms with Crippen LogP contribution in [0.1, 0.15) is 27.7 Å². The van der Waals surface area contributed by atoms with Crippen molar-refractivity contribution >= 4 is 11.9 Å². The van der Waals surface area contributed by atoms with E-state index in [9.17, 15) is 9.59 Å². The van der Waals surface area contributed by atoms with E-state index in [1.54, 1.807) is 0 Å². The van der Waals surface area contributed by atoms with Gasteiger partial charge in [0.15, 0.2) is 6.29 Å². The van der Waals surface area contributed by atoms with Crippen LogP contribution in [-0.2, 0) is 23.8 Å². The minimum absolute atomic E-state index is 0.0860. The van der Waals surface area contributed by atoms with Gasteiger partial charge in [0, 0.05) is 12.8 Å². The van der Waals surface area contributed by atoms with Crippen molar-refractivity contribution in [3.63, 3.8) is 0 Å². The molecule has 5 atom stereocenters. The number of hydrogen-bond donors (Lipinski definition) is 1. The number of carboxylic acid groups (broad SMARTS) is 1. The summed E-state index contributed by atoms with van der Waals surface area (Å²) in [6.07, 6.45) is -0.850. The van der Waals surface area contributed by atoms with Crippen LogP contribution in [0.4, 0.5) is 0 Å². The van der Waals surface area contributed by atoms with Gasteiger partial charge in [0.1, 0.15) is 13.2 Å². The Bertz CT molecular complexity index is 299. The minimum atomic E-state index is -1.03. The number of esters is 1. The maximum Gasteiger partial charge on any atom is 0.329 e. The molecule has 1 fully saturated rings. The van der Waals surface area contributed by atoms with Crippen molar-refractivity contribution in [2.24, 2.45) is 17.8 Å². The molecule has 6 nitrogen and oxygen atoms in total. The third-order valence-electron chi connectivity index (χ3n) is 3.81. The molecule has 0 bridgehead atoms. The van der Waals surface area contributed by atoms with Crippen LogP contribution < -0.4 is 0 Å². The average molecular weight is 274 g/mol. The largest absolute Gasteiger partial charge is 0.480 e. The van der Waals surface area contributed by atoms with E-state index in [0.717, 1.165) is 0 Å². The van der Waals surface area contributed by atoms with E-state index >= 15 is 0 Å². The van der Waals surface area contributed by atoms with E-state index in [4.69, 9.17) is 19.3 Å². The number of rotatable bonds is 5. The summed E-state index contributed by atoms with van der Waals surface area (Å²) in [6.45, 7) is 7.18. The maximum atomic E-state index is 10.8. The van der Waals surface area contributed by atoms with Crippen LogP contribution in [-0.4, -0.2) is 42.7 Å². The summed E-state index contributed by atoms with van der Waals surface area (Å²) in [5, 5.41) is 8.64. The molecule has 110 valence electrons. The summed E-state index contributed by atoms with van der Waals surface area (Å²) >= 11 is 0. The molecule has 0 aromatic heterocycles. The first kappa shape index (κ1) is 15.9. The van der Waals surface area contributed by atoms with Crippen LogP contribution in [0.5, 0.6) is 0 Å². The Morgan fingerprint density at radius 2 is 1.79 bits per heavy atom. The van der Waals surface area contributed by atoms with Gasteiger partial charge in [-0.1, -0.05) is 20.8 Å². The van der Waals surface area contributed by atoms with Gasteiger partial charge < -0.3 is 19.3 Å². The lowest BCUT2D eigenvalue weighted by atomic mass is 9.79. The van der Waals surface area contributed by atoms with Crippen LogP contribution in [0.3, 0.4) is 0 Å². The van der Waals surface area contributed by atoms with Gasteiger partial charge in [-0.15, -0.1) is 0 Å². The number of ether oxygens (including phenoxy) is 3. The summed E-state index contributed by atoms with van der Waals surface area (Å²) in [7, 11) is 0. The normalized spacial score (nSPS) is 34.8. The molecule has 1 saturated heterocycles. The van der Waals surface area contributed by atoms with Crippen molar-refractivity contribution in [1.29, 1.82) is 0 Å². The zero-order valence-electron chi connectivity index (χ0n) is 11.8. The van der Waals surface area contributed by atoms with E-state index in [1.165, 1.54) is 6.92 Å². The standard InChI is InChI=1S/C13H22O6/c1-7-8(2)11(5-17-10(4)14)19-13(9(7)3)18-6-12(15)16/h7-9,11,13H,5-6H2,1-4H3,(H,15,16). The van der Waals surface area contributed by atoms with Gasteiger partial charge in [-0.2, -0.15) is 0 Å². The number of carboxylic acids is 1. The Kier molecular flexibility index (Phi) is 5.75. The van der Waals surface area contributed by atoms with Gasteiger partial charge in [0.2, 0.25) is 0 Å². The lowest BCUT2D eigenvalue weighted by Gasteiger charge is -2.42.